The van der Waals surface area contributed by atoms with Crippen LogP contribution in [0, 0.1) is 0 Å². The summed E-state index contributed by atoms with van der Waals surface area (Å²) in [6.45, 7) is 0. The molecule has 13 aromatic rings. The molecule has 0 fully saturated rings. The molecule has 1 aliphatic carbocycles. The van der Waals surface area contributed by atoms with Crippen LogP contribution in [-0.4, -0.2) is 0 Å². The van der Waals surface area contributed by atoms with Crippen molar-refractivity contribution in [2.75, 3.05) is 0 Å². The van der Waals surface area contributed by atoms with Crippen LogP contribution in [0.25, 0.3) is 143 Å². The Hall–Kier alpha value is -8.20. The van der Waals surface area contributed by atoms with Crippen LogP contribution >= 0.6 is 0 Å². The second-order valence-corrected chi connectivity index (χ2v) is 16.7. The van der Waals surface area contributed by atoms with E-state index < -0.39 is 0 Å². The molecule has 0 atom stereocenters. The third kappa shape index (κ3) is 4.75. The zero-order valence-electron chi connectivity index (χ0n) is 33.4. The van der Waals surface area contributed by atoms with Crippen LogP contribution in [0.2, 0.25) is 0 Å². The van der Waals surface area contributed by atoms with Crippen LogP contribution in [0.4, 0.5) is 0 Å². The molecule has 11 aromatic carbocycles. The van der Waals surface area contributed by atoms with Gasteiger partial charge in [-0.25, -0.2) is 0 Å². The van der Waals surface area contributed by atoms with E-state index in [1.54, 1.807) is 0 Å². The Labute approximate surface area is 356 Å². The lowest BCUT2D eigenvalue weighted by atomic mass is 9.77. The molecule has 0 spiro atoms. The maximum atomic E-state index is 6.35. The van der Waals surface area contributed by atoms with E-state index in [0.717, 1.165) is 66.1 Å². The van der Waals surface area contributed by atoms with E-state index in [-0.39, 0.29) is 0 Å². The SMILES string of the molecule is c1ccc2c(c1)-c1cc(-c3ccc4oc5ccccc5c4c3)c(-c3ccc4oc5ccccc5c4c3)cc1-c1ccccc1-c1cc3c4ccccc4c4ccccc4c3cc1-2. The van der Waals surface area contributed by atoms with Crippen LogP contribution in [0.5, 0.6) is 0 Å². The molecular formula is C60H34O2. The largest absolute Gasteiger partial charge is 0.456 e. The third-order valence-corrected chi connectivity index (χ3v) is 13.4. The van der Waals surface area contributed by atoms with Gasteiger partial charge in [0.25, 0.3) is 0 Å². The van der Waals surface area contributed by atoms with Crippen molar-refractivity contribution in [3.63, 3.8) is 0 Å². The molecule has 0 saturated carbocycles. The molecule has 0 amide bonds. The standard InChI is InChI=1S/C60H34O2/c1-3-15-39-37(13-1)38-14-2-4-16-40(38)52-34-54-44-20-8-6-18-42(44)50-32-48(36-26-28-60-56(30-36)46-22-10-12-24-58(46)62-60)47(31-49(50)41-17-5-7-19-43(41)53(54)33-51(39)52)35-25-27-59-55(29-35)45-21-9-11-23-57(45)61-59/h1-34H. The van der Waals surface area contributed by atoms with Crippen molar-refractivity contribution < 1.29 is 8.83 Å². The van der Waals surface area contributed by atoms with Crippen molar-refractivity contribution in [3.05, 3.63) is 206 Å². The third-order valence-electron chi connectivity index (χ3n) is 13.4. The number of fused-ring (bicyclic) bond motifs is 20. The van der Waals surface area contributed by atoms with Crippen LogP contribution in [0.3, 0.4) is 0 Å². The highest BCUT2D eigenvalue weighted by Crippen LogP contribution is 2.53. The Morgan fingerprint density at radius 3 is 0.887 bits per heavy atom. The van der Waals surface area contributed by atoms with Crippen LogP contribution in [0.1, 0.15) is 0 Å². The molecule has 0 N–H and O–H groups in total. The normalized spacial score (nSPS) is 12.2. The lowest BCUT2D eigenvalue weighted by Gasteiger charge is -2.26. The average Bonchev–Trinajstić information content (AvgIpc) is 3.91. The number of hydrogen-bond acceptors (Lipinski definition) is 2. The van der Waals surface area contributed by atoms with Crippen molar-refractivity contribution in [2.45, 2.75) is 0 Å². The number of hydrogen-bond donors (Lipinski definition) is 0. The van der Waals surface area contributed by atoms with Crippen molar-refractivity contribution in [3.8, 4) is 66.8 Å². The summed E-state index contributed by atoms with van der Waals surface area (Å²) in [5, 5.41) is 12.1. The molecule has 0 bridgehead atoms. The van der Waals surface area contributed by atoms with Gasteiger partial charge in [0.15, 0.2) is 0 Å². The number of rotatable bonds is 2. The first-order valence-corrected chi connectivity index (χ1v) is 21.3. The van der Waals surface area contributed by atoms with Crippen molar-refractivity contribution in [2.24, 2.45) is 0 Å². The van der Waals surface area contributed by atoms with Gasteiger partial charge in [-0.1, -0.05) is 146 Å². The quantitative estimate of drug-likeness (QED) is 0.163. The summed E-state index contributed by atoms with van der Waals surface area (Å²) in [7, 11) is 0. The molecule has 2 heterocycles. The van der Waals surface area contributed by atoms with Crippen molar-refractivity contribution in [1.82, 2.24) is 0 Å². The highest BCUT2D eigenvalue weighted by molar-refractivity contribution is 6.27. The van der Waals surface area contributed by atoms with E-state index in [4.69, 9.17) is 8.83 Å². The van der Waals surface area contributed by atoms with Gasteiger partial charge in [0.1, 0.15) is 22.3 Å². The zero-order chi connectivity index (χ0) is 40.5. The molecule has 0 saturated heterocycles. The van der Waals surface area contributed by atoms with Gasteiger partial charge in [0.2, 0.25) is 0 Å². The lowest BCUT2D eigenvalue weighted by molar-refractivity contribution is 0.668. The van der Waals surface area contributed by atoms with Crippen LogP contribution in [-0.2, 0) is 0 Å². The molecular weight excluding hydrogens is 753 g/mol. The molecule has 0 radical (unpaired) electrons. The van der Waals surface area contributed by atoms with Gasteiger partial charge in [-0.2, -0.15) is 0 Å². The van der Waals surface area contributed by atoms with E-state index in [2.05, 4.69) is 194 Å². The van der Waals surface area contributed by atoms with E-state index in [0.29, 0.717) is 0 Å². The lowest BCUT2D eigenvalue weighted by Crippen LogP contribution is -1.99. The van der Waals surface area contributed by atoms with Gasteiger partial charge < -0.3 is 8.83 Å². The first-order valence-electron chi connectivity index (χ1n) is 21.3. The summed E-state index contributed by atoms with van der Waals surface area (Å²) in [6, 6.07) is 75.6. The summed E-state index contributed by atoms with van der Waals surface area (Å²) in [6.07, 6.45) is 0. The molecule has 0 aliphatic heterocycles. The van der Waals surface area contributed by atoms with Gasteiger partial charge in [0.05, 0.1) is 0 Å². The molecule has 1 aliphatic rings. The van der Waals surface area contributed by atoms with E-state index in [1.165, 1.54) is 76.8 Å². The van der Waals surface area contributed by atoms with Gasteiger partial charge in [-0.15, -0.1) is 0 Å². The first-order chi connectivity index (χ1) is 30.7. The highest BCUT2D eigenvalue weighted by Gasteiger charge is 2.26. The molecule has 2 heteroatoms. The Balaban J connectivity index is 1.11. The topological polar surface area (TPSA) is 26.3 Å². The summed E-state index contributed by atoms with van der Waals surface area (Å²) >= 11 is 0. The average molecular weight is 787 g/mol. The highest BCUT2D eigenvalue weighted by atomic mass is 16.3. The van der Waals surface area contributed by atoms with Crippen molar-refractivity contribution in [1.29, 1.82) is 0 Å². The second kappa shape index (κ2) is 12.7. The molecule has 0 unspecified atom stereocenters. The molecule has 286 valence electrons. The fourth-order valence-corrected chi connectivity index (χ4v) is 10.6. The summed E-state index contributed by atoms with van der Waals surface area (Å²) in [5.41, 5.74) is 17.9. The maximum absolute atomic E-state index is 6.35. The van der Waals surface area contributed by atoms with Crippen LogP contribution < -0.4 is 0 Å². The second-order valence-electron chi connectivity index (χ2n) is 16.7. The van der Waals surface area contributed by atoms with Crippen molar-refractivity contribution >= 4 is 76.2 Å². The fraction of sp³-hybridized carbons (Fsp3) is 0. The summed E-state index contributed by atoms with van der Waals surface area (Å²) in [5.74, 6) is 0. The monoisotopic (exact) mass is 786 g/mol. The molecule has 2 aromatic heterocycles. The minimum Gasteiger partial charge on any atom is -0.456 e. The van der Waals surface area contributed by atoms with Gasteiger partial charge in [-0.05, 0) is 160 Å². The number of furan rings is 2. The van der Waals surface area contributed by atoms with E-state index >= 15 is 0 Å². The number of para-hydroxylation sites is 2. The van der Waals surface area contributed by atoms with Gasteiger partial charge >= 0.3 is 0 Å². The Bertz CT molecular complexity index is 3780. The Morgan fingerprint density at radius 1 is 0.177 bits per heavy atom. The predicted molar refractivity (Wildman–Crippen MR) is 260 cm³/mol. The Morgan fingerprint density at radius 2 is 0.484 bits per heavy atom. The molecule has 14 rings (SSSR count). The van der Waals surface area contributed by atoms with E-state index in [9.17, 15) is 0 Å². The first kappa shape index (κ1) is 33.6. The maximum Gasteiger partial charge on any atom is 0.135 e. The Kier molecular flexibility index (Phi) is 6.86. The fourth-order valence-electron chi connectivity index (χ4n) is 10.6. The molecule has 2 nitrogen and oxygen atoms in total. The minimum absolute atomic E-state index is 0.887. The van der Waals surface area contributed by atoms with Crippen LogP contribution in [0.15, 0.2) is 215 Å². The van der Waals surface area contributed by atoms with E-state index in [1.807, 2.05) is 12.1 Å². The summed E-state index contributed by atoms with van der Waals surface area (Å²) < 4.78 is 12.7. The van der Waals surface area contributed by atoms with Gasteiger partial charge in [0, 0.05) is 21.5 Å². The number of benzene rings is 11. The molecule has 62 heavy (non-hydrogen) atoms. The smallest absolute Gasteiger partial charge is 0.135 e. The minimum atomic E-state index is 0.887. The van der Waals surface area contributed by atoms with Gasteiger partial charge in [-0.3, -0.25) is 0 Å². The zero-order valence-corrected chi connectivity index (χ0v) is 33.4. The predicted octanol–water partition coefficient (Wildman–Crippen LogP) is 17.3. The summed E-state index contributed by atoms with van der Waals surface area (Å²) in [4.78, 5) is 0.